The van der Waals surface area contributed by atoms with Crippen molar-refractivity contribution >= 4 is 5.97 Å². The van der Waals surface area contributed by atoms with Crippen LogP contribution in [0.3, 0.4) is 0 Å². The lowest BCUT2D eigenvalue weighted by molar-refractivity contribution is -0.150. The third kappa shape index (κ3) is 3.57. The first-order valence-corrected chi connectivity index (χ1v) is 7.01. The standard InChI is InChI=1S/C16H23NO2/c1-10-4-6-13(7-5-10)15(14-8-9-14)12(3)19-16(18)11(2)17/h4-7,11-12,14-15H,8-9,17H2,1-3H3/t11-,12-,15+/m0/s1. The average molecular weight is 261 g/mol. The van der Waals surface area contributed by atoms with Gasteiger partial charge in [0, 0.05) is 5.92 Å². The van der Waals surface area contributed by atoms with E-state index in [1.807, 2.05) is 6.92 Å². The molecule has 3 nitrogen and oxygen atoms in total. The van der Waals surface area contributed by atoms with Gasteiger partial charge in [0.2, 0.25) is 0 Å². The molecule has 0 amide bonds. The lowest BCUT2D eigenvalue weighted by Gasteiger charge is -2.25. The van der Waals surface area contributed by atoms with Crippen LogP contribution >= 0.6 is 0 Å². The van der Waals surface area contributed by atoms with E-state index in [4.69, 9.17) is 10.5 Å². The molecule has 2 rings (SSSR count). The zero-order valence-corrected chi connectivity index (χ0v) is 11.9. The fourth-order valence-corrected chi connectivity index (χ4v) is 2.53. The van der Waals surface area contributed by atoms with E-state index >= 15 is 0 Å². The summed E-state index contributed by atoms with van der Waals surface area (Å²) in [6.45, 7) is 5.71. The number of benzene rings is 1. The smallest absolute Gasteiger partial charge is 0.322 e. The second kappa shape index (κ2) is 5.74. The Balaban J connectivity index is 2.11. The van der Waals surface area contributed by atoms with Crippen molar-refractivity contribution in [3.63, 3.8) is 0 Å². The molecular weight excluding hydrogens is 238 g/mol. The van der Waals surface area contributed by atoms with E-state index in [2.05, 4.69) is 31.2 Å². The van der Waals surface area contributed by atoms with Crippen LogP contribution in [0.15, 0.2) is 24.3 Å². The second-order valence-corrected chi connectivity index (χ2v) is 5.70. The number of ether oxygens (including phenoxy) is 1. The number of carbonyl (C=O) groups is 1. The van der Waals surface area contributed by atoms with Crippen molar-refractivity contribution in [1.29, 1.82) is 0 Å². The Kier molecular flexibility index (Phi) is 4.25. The summed E-state index contributed by atoms with van der Waals surface area (Å²) in [5, 5.41) is 0. The molecule has 0 aromatic heterocycles. The van der Waals surface area contributed by atoms with Crippen LogP contribution in [0.2, 0.25) is 0 Å². The van der Waals surface area contributed by atoms with Gasteiger partial charge in [0.15, 0.2) is 0 Å². The van der Waals surface area contributed by atoms with Crippen molar-refractivity contribution in [3.05, 3.63) is 35.4 Å². The molecule has 3 atom stereocenters. The lowest BCUT2D eigenvalue weighted by Crippen LogP contribution is -2.34. The van der Waals surface area contributed by atoms with Gasteiger partial charge in [-0.2, -0.15) is 0 Å². The van der Waals surface area contributed by atoms with Crippen LogP contribution in [0.5, 0.6) is 0 Å². The van der Waals surface area contributed by atoms with Crippen molar-refractivity contribution < 1.29 is 9.53 Å². The molecule has 0 bridgehead atoms. The van der Waals surface area contributed by atoms with Crippen LogP contribution in [-0.4, -0.2) is 18.1 Å². The molecule has 1 aliphatic carbocycles. The Labute approximate surface area is 115 Å². The molecule has 0 aliphatic heterocycles. The summed E-state index contributed by atoms with van der Waals surface area (Å²) in [4.78, 5) is 11.6. The number of rotatable bonds is 5. The van der Waals surface area contributed by atoms with Crippen molar-refractivity contribution in [2.75, 3.05) is 0 Å². The highest BCUT2D eigenvalue weighted by molar-refractivity contribution is 5.75. The quantitative estimate of drug-likeness (QED) is 0.829. The second-order valence-electron chi connectivity index (χ2n) is 5.70. The average Bonchev–Trinajstić information content (AvgIpc) is 3.16. The Morgan fingerprint density at radius 3 is 2.32 bits per heavy atom. The zero-order valence-electron chi connectivity index (χ0n) is 11.9. The summed E-state index contributed by atoms with van der Waals surface area (Å²) >= 11 is 0. The Hall–Kier alpha value is -1.35. The molecule has 1 aromatic carbocycles. The van der Waals surface area contributed by atoms with Gasteiger partial charge in [0.1, 0.15) is 12.1 Å². The van der Waals surface area contributed by atoms with Gasteiger partial charge in [-0.25, -0.2) is 0 Å². The van der Waals surface area contributed by atoms with E-state index in [9.17, 15) is 4.79 Å². The van der Waals surface area contributed by atoms with Crippen LogP contribution in [0, 0.1) is 12.8 Å². The van der Waals surface area contributed by atoms with Gasteiger partial charge in [-0.15, -0.1) is 0 Å². The molecule has 1 fully saturated rings. The fourth-order valence-electron chi connectivity index (χ4n) is 2.53. The van der Waals surface area contributed by atoms with Crippen LogP contribution in [0.25, 0.3) is 0 Å². The summed E-state index contributed by atoms with van der Waals surface area (Å²) in [5.74, 6) is 0.618. The Bertz CT molecular complexity index is 435. The van der Waals surface area contributed by atoms with Gasteiger partial charge in [-0.3, -0.25) is 4.79 Å². The van der Waals surface area contributed by atoms with Crippen molar-refractivity contribution in [1.82, 2.24) is 0 Å². The summed E-state index contributed by atoms with van der Waals surface area (Å²) in [6.07, 6.45) is 2.32. The first kappa shape index (κ1) is 14.1. The summed E-state index contributed by atoms with van der Waals surface area (Å²) in [7, 11) is 0. The molecule has 0 saturated heterocycles. The van der Waals surface area contributed by atoms with Crippen LogP contribution in [0.4, 0.5) is 0 Å². The van der Waals surface area contributed by atoms with Gasteiger partial charge < -0.3 is 10.5 Å². The van der Waals surface area contributed by atoms with Crippen LogP contribution in [-0.2, 0) is 9.53 Å². The zero-order chi connectivity index (χ0) is 14.0. The SMILES string of the molecule is Cc1ccc([C@H](C2CC2)[C@H](C)OC(=O)[C@H](C)N)cc1. The topological polar surface area (TPSA) is 52.3 Å². The number of esters is 1. The predicted molar refractivity (Wildman–Crippen MR) is 75.8 cm³/mol. The normalized spacial score (nSPS) is 19.6. The number of carbonyl (C=O) groups excluding carboxylic acids is 1. The van der Waals surface area contributed by atoms with Crippen LogP contribution in [0.1, 0.15) is 43.7 Å². The van der Waals surface area contributed by atoms with Crippen molar-refractivity contribution in [2.24, 2.45) is 11.7 Å². The van der Waals surface area contributed by atoms with Crippen molar-refractivity contribution in [3.8, 4) is 0 Å². The van der Waals surface area contributed by atoms with Gasteiger partial charge in [-0.05, 0) is 45.1 Å². The predicted octanol–water partition coefficient (Wildman–Crippen LogP) is 2.77. The molecule has 0 unspecified atom stereocenters. The van der Waals surface area contributed by atoms with Gasteiger partial charge in [0.25, 0.3) is 0 Å². The maximum Gasteiger partial charge on any atom is 0.322 e. The molecule has 1 aromatic rings. The Morgan fingerprint density at radius 2 is 1.84 bits per heavy atom. The lowest BCUT2D eigenvalue weighted by atomic mass is 9.89. The number of nitrogens with two attached hydrogens (primary N) is 1. The van der Waals surface area contributed by atoms with E-state index in [1.54, 1.807) is 6.92 Å². The maximum absolute atomic E-state index is 11.6. The van der Waals surface area contributed by atoms with E-state index in [-0.39, 0.29) is 12.1 Å². The summed E-state index contributed by atoms with van der Waals surface area (Å²) in [6, 6.07) is 7.97. The molecule has 1 saturated carbocycles. The van der Waals surface area contributed by atoms with Gasteiger partial charge in [0.05, 0.1) is 0 Å². The number of hydrogen-bond donors (Lipinski definition) is 1. The van der Waals surface area contributed by atoms with E-state index in [1.165, 1.54) is 24.0 Å². The molecule has 0 heterocycles. The fraction of sp³-hybridized carbons (Fsp3) is 0.562. The number of hydrogen-bond acceptors (Lipinski definition) is 3. The summed E-state index contributed by atoms with van der Waals surface area (Å²) < 4.78 is 5.50. The highest BCUT2D eigenvalue weighted by atomic mass is 16.5. The minimum absolute atomic E-state index is 0.117. The van der Waals surface area contributed by atoms with Crippen molar-refractivity contribution in [2.45, 2.75) is 51.7 Å². The first-order valence-electron chi connectivity index (χ1n) is 7.01. The molecule has 3 heteroatoms. The molecule has 0 spiro atoms. The maximum atomic E-state index is 11.6. The largest absolute Gasteiger partial charge is 0.461 e. The van der Waals surface area contributed by atoms with Crippen LogP contribution < -0.4 is 5.73 Å². The van der Waals surface area contributed by atoms with E-state index in [0.717, 1.165) is 0 Å². The van der Waals surface area contributed by atoms with E-state index < -0.39 is 6.04 Å². The molecule has 1 aliphatic rings. The molecule has 2 N–H and O–H groups in total. The minimum atomic E-state index is -0.555. The molecule has 104 valence electrons. The molecular formula is C16H23NO2. The summed E-state index contributed by atoms with van der Waals surface area (Å²) in [5.41, 5.74) is 8.07. The van der Waals surface area contributed by atoms with E-state index in [0.29, 0.717) is 11.8 Å². The number of aryl methyl sites for hydroxylation is 1. The third-order valence-electron chi connectivity index (χ3n) is 3.77. The molecule has 0 radical (unpaired) electrons. The highest BCUT2D eigenvalue weighted by Crippen LogP contribution is 2.45. The monoisotopic (exact) mass is 261 g/mol. The van der Waals surface area contributed by atoms with Gasteiger partial charge >= 0.3 is 5.97 Å². The highest BCUT2D eigenvalue weighted by Gasteiger charge is 2.37. The minimum Gasteiger partial charge on any atom is -0.461 e. The van der Waals surface area contributed by atoms with Gasteiger partial charge in [-0.1, -0.05) is 29.8 Å². The first-order chi connectivity index (χ1) is 8.99. The molecule has 19 heavy (non-hydrogen) atoms. The Morgan fingerprint density at radius 1 is 1.26 bits per heavy atom. The third-order valence-corrected chi connectivity index (χ3v) is 3.77.